The molecule has 0 aliphatic heterocycles. The van der Waals surface area contributed by atoms with Gasteiger partial charge in [0.25, 0.3) is 0 Å². The monoisotopic (exact) mass is 178 g/mol. The van der Waals surface area contributed by atoms with Crippen LogP contribution >= 0.6 is 0 Å². The average molecular weight is 178 g/mol. The van der Waals surface area contributed by atoms with Crippen molar-refractivity contribution in [3.63, 3.8) is 0 Å². The van der Waals surface area contributed by atoms with Crippen LogP contribution in [0.5, 0.6) is 0 Å². The predicted octanol–water partition coefficient (Wildman–Crippen LogP) is 3.04. The highest BCUT2D eigenvalue weighted by Crippen LogP contribution is 2.25. The Labute approximate surface area is 78.4 Å². The maximum absolute atomic E-state index is 8.73. The van der Waals surface area contributed by atoms with Crippen molar-refractivity contribution in [2.75, 3.05) is 0 Å². The first kappa shape index (κ1) is 9.96. The van der Waals surface area contributed by atoms with E-state index in [1.165, 1.54) is 0 Å². The summed E-state index contributed by atoms with van der Waals surface area (Å²) in [6.45, 7) is 5.61. The molecule has 0 aliphatic rings. The highest BCUT2D eigenvalue weighted by atomic mass is 17.1. The lowest BCUT2D eigenvalue weighted by Gasteiger charge is -2.17. The van der Waals surface area contributed by atoms with Gasteiger partial charge in [-0.2, -0.15) is 0 Å². The van der Waals surface area contributed by atoms with Gasteiger partial charge in [-0.05, 0) is 5.56 Å². The molecule has 2 unspecified atom stereocenters. The molecule has 1 aromatic carbocycles. The van der Waals surface area contributed by atoms with Crippen LogP contribution in [0.15, 0.2) is 43.0 Å². The van der Waals surface area contributed by atoms with E-state index < -0.39 is 0 Å². The molecule has 1 aromatic rings. The Morgan fingerprint density at radius 3 is 2.46 bits per heavy atom. The van der Waals surface area contributed by atoms with E-state index in [1.54, 1.807) is 6.08 Å². The summed E-state index contributed by atoms with van der Waals surface area (Å²) in [7, 11) is 0. The molecule has 70 valence electrons. The molecule has 0 saturated carbocycles. The second-order valence-corrected chi connectivity index (χ2v) is 3.03. The zero-order valence-corrected chi connectivity index (χ0v) is 7.68. The van der Waals surface area contributed by atoms with Gasteiger partial charge in [0.1, 0.15) is 6.10 Å². The smallest absolute Gasteiger partial charge is 0.124 e. The van der Waals surface area contributed by atoms with E-state index in [4.69, 9.17) is 5.26 Å². The van der Waals surface area contributed by atoms with Crippen LogP contribution < -0.4 is 0 Å². The van der Waals surface area contributed by atoms with Crippen LogP contribution in [0.3, 0.4) is 0 Å². The number of rotatable bonds is 4. The van der Waals surface area contributed by atoms with Crippen molar-refractivity contribution in [1.82, 2.24) is 0 Å². The fraction of sp³-hybridized carbons (Fsp3) is 0.273. The predicted molar refractivity (Wildman–Crippen MR) is 52.3 cm³/mol. The molecule has 0 fully saturated rings. The Bertz CT molecular complexity index is 256. The van der Waals surface area contributed by atoms with Gasteiger partial charge < -0.3 is 0 Å². The van der Waals surface area contributed by atoms with Crippen LogP contribution in [0.2, 0.25) is 0 Å². The lowest BCUT2D eigenvalue weighted by Crippen LogP contribution is -2.09. The van der Waals surface area contributed by atoms with Crippen molar-refractivity contribution in [3.05, 3.63) is 48.6 Å². The van der Waals surface area contributed by atoms with Gasteiger partial charge in [0, 0.05) is 5.92 Å². The van der Waals surface area contributed by atoms with Crippen molar-refractivity contribution >= 4 is 0 Å². The lowest BCUT2D eigenvalue weighted by atomic mass is 9.98. The molecule has 0 radical (unpaired) electrons. The van der Waals surface area contributed by atoms with Crippen molar-refractivity contribution < 1.29 is 10.1 Å². The van der Waals surface area contributed by atoms with Crippen LogP contribution in [0.4, 0.5) is 0 Å². The summed E-state index contributed by atoms with van der Waals surface area (Å²) in [5.74, 6) is 0.0902. The third-order valence-electron chi connectivity index (χ3n) is 2.09. The molecule has 0 aliphatic carbocycles. The van der Waals surface area contributed by atoms with Crippen molar-refractivity contribution in [2.45, 2.75) is 13.0 Å². The molecular formula is C11H14O2. The highest BCUT2D eigenvalue weighted by molar-refractivity contribution is 5.18. The molecule has 1 N–H and O–H groups in total. The average Bonchev–Trinajstić information content (AvgIpc) is 2.20. The summed E-state index contributed by atoms with van der Waals surface area (Å²) in [6.07, 6.45) is 1.44. The fourth-order valence-electron chi connectivity index (χ4n) is 1.23. The maximum atomic E-state index is 8.73. The molecule has 0 bridgehead atoms. The molecule has 2 atom stereocenters. The Morgan fingerprint density at radius 2 is 2.00 bits per heavy atom. The minimum absolute atomic E-state index is 0.0902. The van der Waals surface area contributed by atoms with Gasteiger partial charge in [0.2, 0.25) is 0 Å². The van der Waals surface area contributed by atoms with E-state index in [0.717, 1.165) is 5.56 Å². The summed E-state index contributed by atoms with van der Waals surface area (Å²) < 4.78 is 0. The van der Waals surface area contributed by atoms with Crippen molar-refractivity contribution in [3.8, 4) is 0 Å². The Kier molecular flexibility index (Phi) is 3.68. The van der Waals surface area contributed by atoms with E-state index >= 15 is 0 Å². The highest BCUT2D eigenvalue weighted by Gasteiger charge is 2.16. The standard InChI is InChI=1S/C11H14O2/c1-3-9(2)11(13-12)10-7-5-4-6-8-10/h3-9,11-12H,1H2,2H3. The zero-order chi connectivity index (χ0) is 9.68. The van der Waals surface area contributed by atoms with Crippen LogP contribution in [-0.2, 0) is 4.89 Å². The van der Waals surface area contributed by atoms with Gasteiger partial charge in [0.05, 0.1) is 0 Å². The summed E-state index contributed by atoms with van der Waals surface area (Å²) >= 11 is 0. The van der Waals surface area contributed by atoms with Gasteiger partial charge in [-0.1, -0.05) is 43.3 Å². The number of benzene rings is 1. The van der Waals surface area contributed by atoms with Gasteiger partial charge >= 0.3 is 0 Å². The van der Waals surface area contributed by atoms with Crippen LogP contribution in [0, 0.1) is 5.92 Å². The van der Waals surface area contributed by atoms with Gasteiger partial charge in [-0.25, -0.2) is 4.89 Å². The lowest BCUT2D eigenvalue weighted by molar-refractivity contribution is -0.289. The Morgan fingerprint density at radius 1 is 1.38 bits per heavy atom. The largest absolute Gasteiger partial charge is 0.251 e. The Hall–Kier alpha value is -1.12. The summed E-state index contributed by atoms with van der Waals surface area (Å²) in [4.78, 5) is 4.42. The first-order chi connectivity index (χ1) is 6.29. The molecule has 0 heterocycles. The van der Waals surface area contributed by atoms with Gasteiger partial charge in [0.15, 0.2) is 0 Å². The maximum Gasteiger partial charge on any atom is 0.124 e. The Balaban J connectivity index is 2.84. The molecule has 2 heteroatoms. The minimum Gasteiger partial charge on any atom is -0.251 e. The van der Waals surface area contributed by atoms with Crippen molar-refractivity contribution in [1.29, 1.82) is 0 Å². The van der Waals surface area contributed by atoms with Crippen LogP contribution in [0.25, 0.3) is 0 Å². The molecule has 0 spiro atoms. The second kappa shape index (κ2) is 4.80. The third kappa shape index (κ3) is 2.41. The summed E-state index contributed by atoms with van der Waals surface area (Å²) in [5.41, 5.74) is 0.956. The fourth-order valence-corrected chi connectivity index (χ4v) is 1.23. The van der Waals surface area contributed by atoms with E-state index in [0.29, 0.717) is 0 Å². The first-order valence-corrected chi connectivity index (χ1v) is 4.27. The molecule has 0 saturated heterocycles. The SMILES string of the molecule is C=CC(C)C(OO)c1ccccc1. The summed E-state index contributed by atoms with van der Waals surface area (Å²) in [5, 5.41) is 8.73. The summed E-state index contributed by atoms with van der Waals surface area (Å²) in [6, 6.07) is 9.59. The van der Waals surface area contributed by atoms with Crippen LogP contribution in [-0.4, -0.2) is 5.26 Å². The molecular weight excluding hydrogens is 164 g/mol. The van der Waals surface area contributed by atoms with Gasteiger partial charge in [-0.15, -0.1) is 6.58 Å². The molecule has 13 heavy (non-hydrogen) atoms. The van der Waals surface area contributed by atoms with E-state index in [2.05, 4.69) is 11.5 Å². The zero-order valence-electron chi connectivity index (χ0n) is 7.68. The van der Waals surface area contributed by atoms with E-state index in [-0.39, 0.29) is 12.0 Å². The molecule has 0 aromatic heterocycles. The molecule has 0 amide bonds. The first-order valence-electron chi connectivity index (χ1n) is 4.27. The van der Waals surface area contributed by atoms with Crippen molar-refractivity contribution in [2.24, 2.45) is 5.92 Å². The third-order valence-corrected chi connectivity index (χ3v) is 2.09. The normalized spacial score (nSPS) is 14.9. The quantitative estimate of drug-likeness (QED) is 0.436. The molecule has 2 nitrogen and oxygen atoms in total. The number of hydrogen-bond donors (Lipinski definition) is 1. The number of hydrogen-bond acceptors (Lipinski definition) is 2. The topological polar surface area (TPSA) is 29.5 Å². The van der Waals surface area contributed by atoms with Crippen LogP contribution in [0.1, 0.15) is 18.6 Å². The van der Waals surface area contributed by atoms with E-state index in [1.807, 2.05) is 37.3 Å². The van der Waals surface area contributed by atoms with Gasteiger partial charge in [-0.3, -0.25) is 5.26 Å². The minimum atomic E-state index is -0.321. The molecule has 1 rings (SSSR count). The van der Waals surface area contributed by atoms with E-state index in [9.17, 15) is 0 Å². The second-order valence-electron chi connectivity index (χ2n) is 3.03.